The lowest BCUT2D eigenvalue weighted by Crippen LogP contribution is -2.21. The Morgan fingerprint density at radius 2 is 2.05 bits per heavy atom. The summed E-state index contributed by atoms with van der Waals surface area (Å²) in [6, 6.07) is 5.99. The number of esters is 1. The summed E-state index contributed by atoms with van der Waals surface area (Å²) in [6.45, 7) is 1.68. The first-order valence-electron chi connectivity index (χ1n) is 5.98. The molecule has 2 rings (SSSR count). The monoisotopic (exact) mass is 307 g/mol. The number of hydrogen-bond acceptors (Lipinski definition) is 7. The minimum absolute atomic E-state index is 0.0125. The molecule has 21 heavy (non-hydrogen) atoms. The van der Waals surface area contributed by atoms with E-state index in [1.165, 1.54) is 31.0 Å². The molecule has 7 nitrogen and oxygen atoms in total. The number of ether oxygens (including phenoxy) is 1. The van der Waals surface area contributed by atoms with Crippen LogP contribution in [0.4, 0.5) is 5.69 Å². The highest BCUT2D eigenvalue weighted by atomic mass is 32.2. The zero-order chi connectivity index (χ0) is 15.6. The lowest BCUT2D eigenvalue weighted by Gasteiger charge is -2.23. The van der Waals surface area contributed by atoms with E-state index in [1.807, 2.05) is 0 Å². The van der Waals surface area contributed by atoms with Crippen molar-refractivity contribution in [3.8, 4) is 0 Å². The lowest BCUT2D eigenvalue weighted by atomic mass is 10.0. The number of aliphatic imine (C=N–C) groups is 1. The van der Waals surface area contributed by atoms with Gasteiger partial charge < -0.3 is 10.5 Å². The van der Waals surface area contributed by atoms with E-state index in [9.17, 15) is 14.9 Å². The Labute approximate surface area is 125 Å². The maximum atomic E-state index is 11.9. The third-order valence-electron chi connectivity index (χ3n) is 2.98. The quantitative estimate of drug-likeness (QED) is 0.520. The van der Waals surface area contributed by atoms with Crippen LogP contribution in [-0.4, -0.2) is 23.2 Å². The molecule has 0 aromatic heterocycles. The first-order chi connectivity index (χ1) is 9.93. The first kappa shape index (κ1) is 15.0. The largest absolute Gasteiger partial charge is 0.466 e. The smallest absolute Gasteiger partial charge is 0.337 e. The normalized spacial score (nSPS) is 18.2. The molecule has 0 spiro atoms. The first-order valence-corrected chi connectivity index (χ1v) is 6.86. The number of rotatable bonds is 3. The second kappa shape index (κ2) is 5.96. The van der Waals surface area contributed by atoms with Crippen LogP contribution in [-0.2, 0) is 9.53 Å². The van der Waals surface area contributed by atoms with E-state index in [0.29, 0.717) is 16.4 Å². The number of nitro groups is 1. The number of carbonyl (C=O) groups is 1. The van der Waals surface area contributed by atoms with Gasteiger partial charge >= 0.3 is 5.97 Å². The van der Waals surface area contributed by atoms with Crippen LogP contribution in [0.5, 0.6) is 0 Å². The molecule has 2 N–H and O–H groups in total. The van der Waals surface area contributed by atoms with E-state index < -0.39 is 16.1 Å². The van der Waals surface area contributed by atoms with Crippen LogP contribution >= 0.6 is 11.8 Å². The van der Waals surface area contributed by atoms with Crippen molar-refractivity contribution in [1.29, 1.82) is 0 Å². The van der Waals surface area contributed by atoms with E-state index in [2.05, 4.69) is 4.99 Å². The van der Waals surface area contributed by atoms with Crippen molar-refractivity contribution in [2.24, 2.45) is 10.7 Å². The number of non-ortho nitro benzene ring substituents is 1. The Bertz CT molecular complexity index is 652. The zero-order valence-electron chi connectivity index (χ0n) is 11.4. The summed E-state index contributed by atoms with van der Waals surface area (Å²) in [6.07, 6.45) is 0. The van der Waals surface area contributed by atoms with Gasteiger partial charge in [-0.2, -0.15) is 0 Å². The van der Waals surface area contributed by atoms with Crippen LogP contribution in [0.2, 0.25) is 0 Å². The molecule has 1 aromatic rings. The van der Waals surface area contributed by atoms with Crippen LogP contribution < -0.4 is 5.73 Å². The summed E-state index contributed by atoms with van der Waals surface area (Å²) in [4.78, 5) is 26.2. The SMILES string of the molecule is COC(=O)C1=C(C)N=C(N)SC1c1ccc([N+](=O)[O-])cc1. The second-order valence-corrected chi connectivity index (χ2v) is 5.41. The minimum Gasteiger partial charge on any atom is -0.466 e. The third-order valence-corrected chi connectivity index (χ3v) is 4.06. The second-order valence-electron chi connectivity index (χ2n) is 4.29. The van der Waals surface area contributed by atoms with Crippen LogP contribution in [0.1, 0.15) is 17.7 Å². The van der Waals surface area contributed by atoms with E-state index in [4.69, 9.17) is 10.5 Å². The molecule has 0 amide bonds. The fraction of sp³-hybridized carbons (Fsp3) is 0.231. The number of thioether (sulfide) groups is 1. The number of carbonyl (C=O) groups excluding carboxylic acids is 1. The molecule has 1 unspecified atom stereocenters. The van der Waals surface area contributed by atoms with E-state index >= 15 is 0 Å². The van der Waals surface area contributed by atoms with Crippen LogP contribution in [0, 0.1) is 10.1 Å². The summed E-state index contributed by atoms with van der Waals surface area (Å²) < 4.78 is 4.78. The number of hydrogen-bond donors (Lipinski definition) is 1. The topological polar surface area (TPSA) is 108 Å². The Hall–Kier alpha value is -2.35. The van der Waals surface area contributed by atoms with Gasteiger partial charge in [-0.05, 0) is 12.5 Å². The number of benzene rings is 1. The molecular weight excluding hydrogens is 294 g/mol. The number of methoxy groups -OCH3 is 1. The standard InChI is InChI=1S/C13H13N3O4S/c1-7-10(12(17)20-2)11(21-13(14)15-7)8-3-5-9(6-4-8)16(18)19/h3-6,11H,1-2H3,(H2,14,15). The molecule has 0 saturated heterocycles. The van der Waals surface area contributed by atoms with Crippen LogP contribution in [0.25, 0.3) is 0 Å². The summed E-state index contributed by atoms with van der Waals surface area (Å²) in [5.74, 6) is -0.486. The van der Waals surface area contributed by atoms with E-state index in [-0.39, 0.29) is 5.69 Å². The molecule has 110 valence electrons. The fourth-order valence-corrected chi connectivity index (χ4v) is 3.10. The number of allylic oxidation sites excluding steroid dienone is 1. The molecule has 8 heteroatoms. The molecule has 0 aliphatic carbocycles. The third kappa shape index (κ3) is 3.05. The Kier molecular flexibility index (Phi) is 4.27. The van der Waals surface area contributed by atoms with Gasteiger partial charge in [-0.15, -0.1) is 0 Å². The number of nitrogens with two attached hydrogens (primary N) is 1. The summed E-state index contributed by atoms with van der Waals surface area (Å²) in [7, 11) is 1.29. The Balaban J connectivity index is 2.43. The van der Waals surface area contributed by atoms with Gasteiger partial charge in [0.05, 0.1) is 28.6 Å². The molecule has 0 radical (unpaired) electrons. The van der Waals surface area contributed by atoms with E-state index in [0.717, 1.165) is 5.56 Å². The molecule has 1 aromatic carbocycles. The zero-order valence-corrected chi connectivity index (χ0v) is 12.2. The van der Waals surface area contributed by atoms with E-state index in [1.54, 1.807) is 19.1 Å². The van der Waals surface area contributed by atoms with Gasteiger partial charge in [-0.3, -0.25) is 10.1 Å². The molecule has 0 bridgehead atoms. The Morgan fingerprint density at radius 3 is 2.57 bits per heavy atom. The van der Waals surface area contributed by atoms with Gasteiger partial charge in [0, 0.05) is 12.1 Å². The van der Waals surface area contributed by atoms with Crippen molar-refractivity contribution < 1.29 is 14.5 Å². The lowest BCUT2D eigenvalue weighted by molar-refractivity contribution is -0.384. The molecule has 1 aliphatic heterocycles. The van der Waals surface area contributed by atoms with Gasteiger partial charge in [0.15, 0.2) is 5.17 Å². The van der Waals surface area contributed by atoms with Gasteiger partial charge in [-0.25, -0.2) is 9.79 Å². The predicted octanol–water partition coefficient (Wildman–Crippen LogP) is 2.14. The number of nitrogens with zero attached hydrogens (tertiary/aromatic N) is 2. The van der Waals surface area contributed by atoms with Crippen molar-refractivity contribution in [2.75, 3.05) is 7.11 Å². The van der Waals surface area contributed by atoms with Crippen LogP contribution in [0.15, 0.2) is 40.5 Å². The number of amidine groups is 1. The predicted molar refractivity (Wildman–Crippen MR) is 79.8 cm³/mol. The van der Waals surface area contributed by atoms with Crippen molar-refractivity contribution >= 4 is 28.6 Å². The molecule has 1 atom stereocenters. The highest BCUT2D eigenvalue weighted by Crippen LogP contribution is 2.41. The summed E-state index contributed by atoms with van der Waals surface area (Å²) in [5, 5.41) is 10.6. The average Bonchev–Trinajstić information content (AvgIpc) is 2.45. The maximum absolute atomic E-state index is 11.9. The van der Waals surface area contributed by atoms with Gasteiger partial charge in [0.25, 0.3) is 5.69 Å². The maximum Gasteiger partial charge on any atom is 0.337 e. The molecule has 1 aliphatic rings. The Morgan fingerprint density at radius 1 is 1.43 bits per heavy atom. The van der Waals surface area contributed by atoms with Crippen molar-refractivity contribution in [3.05, 3.63) is 51.2 Å². The molecule has 1 heterocycles. The van der Waals surface area contributed by atoms with Crippen molar-refractivity contribution in [3.63, 3.8) is 0 Å². The van der Waals surface area contributed by atoms with Gasteiger partial charge in [-0.1, -0.05) is 23.9 Å². The van der Waals surface area contributed by atoms with Gasteiger partial charge in [0.2, 0.25) is 0 Å². The minimum atomic E-state index is -0.486. The highest BCUT2D eigenvalue weighted by molar-refractivity contribution is 8.14. The summed E-state index contributed by atoms with van der Waals surface area (Å²) >= 11 is 1.21. The average molecular weight is 307 g/mol. The van der Waals surface area contributed by atoms with Crippen molar-refractivity contribution in [2.45, 2.75) is 12.2 Å². The molecule has 0 saturated carbocycles. The van der Waals surface area contributed by atoms with Crippen molar-refractivity contribution in [1.82, 2.24) is 0 Å². The molecule has 0 fully saturated rings. The van der Waals surface area contributed by atoms with Crippen LogP contribution in [0.3, 0.4) is 0 Å². The molecular formula is C13H13N3O4S. The summed E-state index contributed by atoms with van der Waals surface area (Å²) in [5.41, 5.74) is 7.35. The number of nitro benzene ring substituents is 1. The fourth-order valence-electron chi connectivity index (χ4n) is 1.99. The highest BCUT2D eigenvalue weighted by Gasteiger charge is 2.31. The van der Waals surface area contributed by atoms with Gasteiger partial charge in [0.1, 0.15) is 0 Å².